The van der Waals surface area contributed by atoms with Gasteiger partial charge in [-0.1, -0.05) is 11.6 Å². The van der Waals surface area contributed by atoms with Crippen molar-refractivity contribution in [1.82, 2.24) is 4.57 Å². The van der Waals surface area contributed by atoms with Gasteiger partial charge in [0, 0.05) is 29.5 Å². The topological polar surface area (TPSA) is 82.2 Å². The van der Waals surface area contributed by atoms with Crippen molar-refractivity contribution >= 4 is 27.1 Å². The average Bonchev–Trinajstić information content (AvgIpc) is 2.40. The number of rotatable bonds is 4. The molecule has 106 valence electrons. The molecule has 2 N–H and O–H groups in total. The summed E-state index contributed by atoms with van der Waals surface area (Å²) >= 11 is 5.72. The summed E-state index contributed by atoms with van der Waals surface area (Å²) in [6.07, 6.45) is 1.43. The lowest BCUT2D eigenvalue weighted by Crippen LogP contribution is -2.23. The number of nitrogen functional groups attached to an aromatic ring is 1. The smallest absolute Gasteiger partial charge is 0.250 e. The van der Waals surface area contributed by atoms with Gasteiger partial charge < -0.3 is 10.3 Å². The van der Waals surface area contributed by atoms with Gasteiger partial charge in [-0.05, 0) is 30.3 Å². The molecule has 0 saturated heterocycles. The summed E-state index contributed by atoms with van der Waals surface area (Å²) in [6.45, 7) is 0.0504. The number of aryl methyl sites for hydroxylation is 1. The first kappa shape index (κ1) is 14.6. The summed E-state index contributed by atoms with van der Waals surface area (Å²) in [6, 6.07) is 8.71. The van der Waals surface area contributed by atoms with Gasteiger partial charge in [-0.2, -0.15) is 0 Å². The van der Waals surface area contributed by atoms with Crippen molar-refractivity contribution in [1.29, 1.82) is 0 Å². The number of sulfone groups is 1. The van der Waals surface area contributed by atoms with Crippen molar-refractivity contribution in [2.45, 2.75) is 11.4 Å². The highest BCUT2D eigenvalue weighted by atomic mass is 35.5. The van der Waals surface area contributed by atoms with E-state index in [0.29, 0.717) is 10.7 Å². The monoisotopic (exact) mass is 312 g/mol. The molecule has 0 aliphatic carbocycles. The lowest BCUT2D eigenvalue weighted by molar-refractivity contribution is 0.587. The van der Waals surface area contributed by atoms with Crippen LogP contribution in [0.1, 0.15) is 0 Å². The Morgan fingerprint density at radius 3 is 2.40 bits per heavy atom. The van der Waals surface area contributed by atoms with Crippen molar-refractivity contribution in [2.24, 2.45) is 0 Å². The summed E-state index contributed by atoms with van der Waals surface area (Å²) < 4.78 is 25.5. The fraction of sp³-hybridized carbons (Fsp3) is 0.154. The number of aromatic nitrogens is 1. The van der Waals surface area contributed by atoms with Crippen LogP contribution in [-0.4, -0.2) is 18.7 Å². The maximum absolute atomic E-state index is 12.1. The first-order valence-electron chi connectivity index (χ1n) is 5.83. The van der Waals surface area contributed by atoms with Crippen LogP contribution in [0.2, 0.25) is 5.02 Å². The van der Waals surface area contributed by atoms with Crippen LogP contribution in [0.3, 0.4) is 0 Å². The molecule has 0 saturated carbocycles. The molecule has 0 unspecified atom stereocenters. The molecular formula is C13H13ClN2O3S. The summed E-state index contributed by atoms with van der Waals surface area (Å²) in [4.78, 5) is 11.7. The molecule has 5 nitrogen and oxygen atoms in total. The molecule has 1 aromatic carbocycles. The van der Waals surface area contributed by atoms with E-state index in [-0.39, 0.29) is 22.8 Å². The molecule has 0 amide bonds. The maximum Gasteiger partial charge on any atom is 0.250 e. The predicted molar refractivity (Wildman–Crippen MR) is 78.6 cm³/mol. The second-order valence-corrected chi connectivity index (χ2v) is 6.81. The zero-order valence-corrected chi connectivity index (χ0v) is 12.1. The Labute approximate surface area is 121 Å². The first-order valence-corrected chi connectivity index (χ1v) is 7.86. The largest absolute Gasteiger partial charge is 0.398 e. The number of pyridine rings is 1. The molecule has 2 aromatic rings. The minimum Gasteiger partial charge on any atom is -0.398 e. The van der Waals surface area contributed by atoms with Crippen LogP contribution < -0.4 is 11.3 Å². The van der Waals surface area contributed by atoms with E-state index < -0.39 is 9.84 Å². The van der Waals surface area contributed by atoms with Crippen molar-refractivity contribution in [3.05, 3.63) is 58.0 Å². The van der Waals surface area contributed by atoms with E-state index in [0.717, 1.165) is 0 Å². The fourth-order valence-corrected chi connectivity index (χ4v) is 3.05. The van der Waals surface area contributed by atoms with Crippen LogP contribution in [0.15, 0.2) is 52.3 Å². The molecule has 1 aromatic heterocycles. The summed E-state index contributed by atoms with van der Waals surface area (Å²) in [5.74, 6) is -0.183. The molecule has 1 heterocycles. The van der Waals surface area contributed by atoms with Gasteiger partial charge in [0.1, 0.15) is 0 Å². The molecular weight excluding hydrogens is 300 g/mol. The van der Waals surface area contributed by atoms with Crippen LogP contribution in [-0.2, 0) is 16.4 Å². The van der Waals surface area contributed by atoms with Gasteiger partial charge in [0.25, 0.3) is 5.56 Å². The van der Waals surface area contributed by atoms with E-state index in [4.69, 9.17) is 17.3 Å². The molecule has 2 rings (SSSR count). The van der Waals surface area contributed by atoms with Gasteiger partial charge in [0.15, 0.2) is 9.84 Å². The summed E-state index contributed by atoms with van der Waals surface area (Å²) in [7, 11) is -3.46. The molecule has 0 atom stereocenters. The Morgan fingerprint density at radius 1 is 1.10 bits per heavy atom. The zero-order chi connectivity index (χ0) is 14.8. The van der Waals surface area contributed by atoms with Crippen molar-refractivity contribution in [2.75, 3.05) is 11.5 Å². The van der Waals surface area contributed by atoms with Gasteiger partial charge in [0.05, 0.1) is 10.6 Å². The van der Waals surface area contributed by atoms with Crippen LogP contribution in [0.5, 0.6) is 0 Å². The predicted octanol–water partition coefficient (Wildman–Crippen LogP) is 1.56. The number of halogens is 1. The second-order valence-electron chi connectivity index (χ2n) is 4.27. The molecule has 0 bridgehead atoms. The van der Waals surface area contributed by atoms with Crippen molar-refractivity contribution in [3.63, 3.8) is 0 Å². The Balaban J connectivity index is 2.19. The molecule has 0 aliphatic heterocycles. The molecule has 0 radical (unpaired) electrons. The fourth-order valence-electron chi connectivity index (χ4n) is 1.70. The number of anilines is 1. The van der Waals surface area contributed by atoms with Crippen molar-refractivity contribution in [3.8, 4) is 0 Å². The number of nitrogens with zero attached hydrogens (tertiary/aromatic N) is 1. The quantitative estimate of drug-likeness (QED) is 0.928. The molecule has 0 spiro atoms. The highest BCUT2D eigenvalue weighted by molar-refractivity contribution is 7.91. The molecule has 0 fully saturated rings. The van der Waals surface area contributed by atoms with Gasteiger partial charge >= 0.3 is 0 Å². The number of hydrogen-bond acceptors (Lipinski definition) is 4. The van der Waals surface area contributed by atoms with Gasteiger partial charge in [-0.15, -0.1) is 0 Å². The Hall–Kier alpha value is -1.79. The van der Waals surface area contributed by atoms with E-state index in [1.54, 1.807) is 0 Å². The minimum atomic E-state index is -3.46. The van der Waals surface area contributed by atoms with Crippen LogP contribution in [0.4, 0.5) is 5.69 Å². The standard InChI is InChI=1S/C13H13ClN2O3S/c14-10-1-4-12(5-2-10)20(18,19)8-7-16-9-11(15)3-6-13(16)17/h1-6,9H,7-8,15H2. The SMILES string of the molecule is Nc1ccc(=O)n(CCS(=O)(=O)c2ccc(Cl)cc2)c1. The highest BCUT2D eigenvalue weighted by Crippen LogP contribution is 2.15. The first-order chi connectivity index (χ1) is 9.38. The Kier molecular flexibility index (Phi) is 4.15. The van der Waals surface area contributed by atoms with Gasteiger partial charge in [0.2, 0.25) is 0 Å². The second kappa shape index (κ2) is 5.68. The third kappa shape index (κ3) is 3.40. The summed E-state index contributed by atoms with van der Waals surface area (Å²) in [5, 5.41) is 0.469. The van der Waals surface area contributed by atoms with Gasteiger partial charge in [-0.25, -0.2) is 8.42 Å². The van der Waals surface area contributed by atoms with E-state index in [1.807, 2.05) is 0 Å². The van der Waals surface area contributed by atoms with Gasteiger partial charge in [-0.3, -0.25) is 4.79 Å². The van der Waals surface area contributed by atoms with Crippen LogP contribution in [0.25, 0.3) is 0 Å². The van der Waals surface area contributed by atoms with E-state index in [1.165, 1.54) is 47.2 Å². The normalized spacial score (nSPS) is 11.4. The Morgan fingerprint density at radius 2 is 1.75 bits per heavy atom. The molecule has 0 aliphatic rings. The van der Waals surface area contributed by atoms with Crippen molar-refractivity contribution < 1.29 is 8.42 Å². The van der Waals surface area contributed by atoms with E-state index in [9.17, 15) is 13.2 Å². The minimum absolute atomic E-state index is 0.0504. The lowest BCUT2D eigenvalue weighted by atomic mass is 10.4. The average molecular weight is 313 g/mol. The summed E-state index contributed by atoms with van der Waals surface area (Å²) in [5.41, 5.74) is 5.69. The highest BCUT2D eigenvalue weighted by Gasteiger charge is 2.14. The number of nitrogens with two attached hydrogens (primary N) is 1. The van der Waals surface area contributed by atoms with Crippen LogP contribution in [0, 0.1) is 0 Å². The lowest BCUT2D eigenvalue weighted by Gasteiger charge is -2.07. The van der Waals surface area contributed by atoms with E-state index in [2.05, 4.69) is 0 Å². The Bertz CT molecular complexity index is 767. The molecule has 20 heavy (non-hydrogen) atoms. The number of hydrogen-bond donors (Lipinski definition) is 1. The zero-order valence-electron chi connectivity index (χ0n) is 10.5. The third-order valence-electron chi connectivity index (χ3n) is 2.78. The van der Waals surface area contributed by atoms with E-state index >= 15 is 0 Å². The third-order valence-corrected chi connectivity index (χ3v) is 4.74. The number of benzene rings is 1. The molecule has 7 heteroatoms. The maximum atomic E-state index is 12.1. The van der Waals surface area contributed by atoms with Crippen LogP contribution >= 0.6 is 11.6 Å².